The molecule has 0 bridgehead atoms. The second kappa shape index (κ2) is 4.22. The first kappa shape index (κ1) is 10.4. The maximum absolute atomic E-state index is 5.59. The lowest BCUT2D eigenvalue weighted by atomic mass is 9.99. The number of nitrogens with zero attached hydrogens (tertiary/aromatic N) is 2. The number of anilines is 1. The zero-order valence-corrected chi connectivity index (χ0v) is 9.76. The van der Waals surface area contributed by atoms with Gasteiger partial charge in [0.2, 0.25) is 0 Å². The van der Waals surface area contributed by atoms with Crippen LogP contribution in [0.5, 0.6) is 0 Å². The van der Waals surface area contributed by atoms with Crippen LogP contribution in [0.4, 0.5) is 5.82 Å². The number of aryl methyl sites for hydroxylation is 1. The number of hydrogen-bond acceptors (Lipinski definition) is 3. The van der Waals surface area contributed by atoms with Crippen LogP contribution in [0.2, 0.25) is 0 Å². The van der Waals surface area contributed by atoms with Gasteiger partial charge in [-0.1, -0.05) is 24.3 Å². The third kappa shape index (κ3) is 2.03. The lowest BCUT2D eigenvalue weighted by molar-refractivity contribution is 0.0969. The van der Waals surface area contributed by atoms with Gasteiger partial charge >= 0.3 is 0 Å². The Kier molecular flexibility index (Phi) is 2.57. The van der Waals surface area contributed by atoms with Crippen LogP contribution < -0.4 is 5.32 Å². The summed E-state index contributed by atoms with van der Waals surface area (Å²) >= 11 is 0. The molecule has 2 heterocycles. The Balaban J connectivity index is 1.85. The van der Waals surface area contributed by atoms with Gasteiger partial charge in [-0.05, 0) is 11.1 Å². The van der Waals surface area contributed by atoms with Crippen molar-refractivity contribution in [3.05, 3.63) is 47.7 Å². The van der Waals surface area contributed by atoms with E-state index >= 15 is 0 Å². The van der Waals surface area contributed by atoms with Crippen LogP contribution in [0.1, 0.15) is 17.2 Å². The summed E-state index contributed by atoms with van der Waals surface area (Å²) in [5.74, 6) is 0.887. The van der Waals surface area contributed by atoms with Crippen molar-refractivity contribution in [1.82, 2.24) is 9.78 Å². The van der Waals surface area contributed by atoms with Crippen LogP contribution in [0.25, 0.3) is 0 Å². The van der Waals surface area contributed by atoms with Gasteiger partial charge in [0.15, 0.2) is 0 Å². The fourth-order valence-corrected chi connectivity index (χ4v) is 2.17. The van der Waals surface area contributed by atoms with Crippen LogP contribution in [-0.2, 0) is 18.4 Å². The van der Waals surface area contributed by atoms with Crippen molar-refractivity contribution in [3.8, 4) is 0 Å². The first-order valence-electron chi connectivity index (χ1n) is 5.74. The quantitative estimate of drug-likeness (QED) is 0.857. The number of aromatic nitrogens is 2. The van der Waals surface area contributed by atoms with Crippen LogP contribution in [0.3, 0.4) is 0 Å². The van der Waals surface area contributed by atoms with Crippen LogP contribution in [0.15, 0.2) is 36.5 Å². The van der Waals surface area contributed by atoms with Gasteiger partial charge in [0.05, 0.1) is 19.3 Å². The average molecular weight is 229 g/mol. The Hall–Kier alpha value is -1.81. The van der Waals surface area contributed by atoms with Crippen LogP contribution in [-0.4, -0.2) is 16.4 Å². The highest BCUT2D eigenvalue weighted by atomic mass is 16.5. The summed E-state index contributed by atoms with van der Waals surface area (Å²) in [6.45, 7) is 1.39. The summed E-state index contributed by atoms with van der Waals surface area (Å²) < 4.78 is 7.38. The topological polar surface area (TPSA) is 39.1 Å². The molecule has 0 aliphatic carbocycles. The smallest absolute Gasteiger partial charge is 0.148 e. The third-order valence-corrected chi connectivity index (χ3v) is 3.01. The lowest BCUT2D eigenvalue weighted by Gasteiger charge is -2.26. The van der Waals surface area contributed by atoms with E-state index in [0.717, 1.165) is 5.82 Å². The monoisotopic (exact) mass is 229 g/mol. The molecule has 0 amide bonds. The molecule has 2 aromatic rings. The molecular weight excluding hydrogens is 214 g/mol. The molecule has 0 saturated carbocycles. The molecule has 1 N–H and O–H groups in total. The van der Waals surface area contributed by atoms with E-state index < -0.39 is 0 Å². The molecule has 1 aromatic carbocycles. The lowest BCUT2D eigenvalue weighted by Crippen LogP contribution is -2.23. The van der Waals surface area contributed by atoms with Gasteiger partial charge < -0.3 is 10.1 Å². The van der Waals surface area contributed by atoms with E-state index in [1.54, 1.807) is 4.68 Å². The standard InChI is InChI=1S/C13H15N3O/c1-16-7-6-13(15-16)14-12-9-17-8-10-4-2-3-5-11(10)12/h2-7,12H,8-9H2,1H3,(H,14,15). The minimum atomic E-state index is 0.190. The molecule has 4 heteroatoms. The zero-order chi connectivity index (χ0) is 11.7. The molecule has 1 unspecified atom stereocenters. The molecule has 0 radical (unpaired) electrons. The first-order valence-corrected chi connectivity index (χ1v) is 5.74. The Bertz CT molecular complexity index is 521. The summed E-state index contributed by atoms with van der Waals surface area (Å²) in [5.41, 5.74) is 2.57. The predicted molar refractivity (Wildman–Crippen MR) is 65.7 cm³/mol. The molecule has 0 spiro atoms. The Morgan fingerprint density at radius 3 is 3.06 bits per heavy atom. The number of nitrogens with one attached hydrogen (secondary N) is 1. The van der Waals surface area contributed by atoms with Gasteiger partial charge in [0.25, 0.3) is 0 Å². The van der Waals surface area contributed by atoms with Crippen molar-refractivity contribution in [3.63, 3.8) is 0 Å². The number of benzene rings is 1. The van der Waals surface area contributed by atoms with Gasteiger partial charge in [0.1, 0.15) is 5.82 Å². The van der Waals surface area contributed by atoms with Crippen LogP contribution >= 0.6 is 0 Å². The van der Waals surface area contributed by atoms with E-state index in [1.807, 2.05) is 25.4 Å². The number of fused-ring (bicyclic) bond motifs is 1. The van der Waals surface area contributed by atoms with E-state index in [0.29, 0.717) is 13.2 Å². The van der Waals surface area contributed by atoms with Crippen molar-refractivity contribution in [2.45, 2.75) is 12.6 Å². The van der Waals surface area contributed by atoms with Crippen molar-refractivity contribution in [2.24, 2.45) is 7.05 Å². The Morgan fingerprint density at radius 2 is 2.24 bits per heavy atom. The Morgan fingerprint density at radius 1 is 1.35 bits per heavy atom. The van der Waals surface area contributed by atoms with Gasteiger partial charge in [0, 0.05) is 19.3 Å². The molecule has 4 nitrogen and oxygen atoms in total. The number of hydrogen-bond donors (Lipinski definition) is 1. The van der Waals surface area contributed by atoms with Crippen molar-refractivity contribution in [1.29, 1.82) is 0 Å². The second-order valence-corrected chi connectivity index (χ2v) is 4.29. The molecule has 1 aliphatic heterocycles. The largest absolute Gasteiger partial charge is 0.374 e. The van der Waals surface area contributed by atoms with Crippen molar-refractivity contribution < 1.29 is 4.74 Å². The summed E-state index contributed by atoms with van der Waals surface area (Å²) in [6.07, 6.45) is 1.93. The molecule has 0 fully saturated rings. The summed E-state index contributed by atoms with van der Waals surface area (Å²) in [4.78, 5) is 0. The molecule has 1 aromatic heterocycles. The van der Waals surface area contributed by atoms with Gasteiger partial charge in [-0.15, -0.1) is 0 Å². The molecule has 1 aliphatic rings. The molecule has 3 rings (SSSR count). The fourth-order valence-electron chi connectivity index (χ4n) is 2.17. The second-order valence-electron chi connectivity index (χ2n) is 4.29. The minimum absolute atomic E-state index is 0.190. The van der Waals surface area contributed by atoms with E-state index in [2.05, 4.69) is 28.6 Å². The van der Waals surface area contributed by atoms with Gasteiger partial charge in [-0.25, -0.2) is 0 Å². The molecule has 1 atom stereocenters. The average Bonchev–Trinajstić information content (AvgIpc) is 2.75. The first-order chi connectivity index (χ1) is 8.33. The van der Waals surface area contributed by atoms with Crippen LogP contribution in [0, 0.1) is 0 Å². The minimum Gasteiger partial charge on any atom is -0.374 e. The van der Waals surface area contributed by atoms with E-state index in [1.165, 1.54) is 11.1 Å². The summed E-state index contributed by atoms with van der Waals surface area (Å²) in [5, 5.41) is 7.73. The zero-order valence-electron chi connectivity index (χ0n) is 9.76. The molecule has 17 heavy (non-hydrogen) atoms. The van der Waals surface area contributed by atoms with Gasteiger partial charge in [-0.3, -0.25) is 4.68 Å². The van der Waals surface area contributed by atoms with E-state index in [9.17, 15) is 0 Å². The third-order valence-electron chi connectivity index (χ3n) is 3.01. The molecular formula is C13H15N3O. The number of ether oxygens (including phenoxy) is 1. The highest BCUT2D eigenvalue weighted by Crippen LogP contribution is 2.27. The number of rotatable bonds is 2. The Labute approximate surface area is 100 Å². The van der Waals surface area contributed by atoms with Gasteiger partial charge in [-0.2, -0.15) is 5.10 Å². The van der Waals surface area contributed by atoms with E-state index in [4.69, 9.17) is 4.74 Å². The SMILES string of the molecule is Cn1ccc(NC2COCc3ccccc32)n1. The predicted octanol–water partition coefficient (Wildman–Crippen LogP) is 2.10. The molecule has 0 saturated heterocycles. The fraction of sp³-hybridized carbons (Fsp3) is 0.308. The highest BCUT2D eigenvalue weighted by molar-refractivity contribution is 5.40. The highest BCUT2D eigenvalue weighted by Gasteiger charge is 2.20. The maximum Gasteiger partial charge on any atom is 0.148 e. The summed E-state index contributed by atoms with van der Waals surface area (Å²) in [7, 11) is 1.91. The maximum atomic E-state index is 5.59. The van der Waals surface area contributed by atoms with Crippen molar-refractivity contribution >= 4 is 5.82 Å². The van der Waals surface area contributed by atoms with E-state index in [-0.39, 0.29) is 6.04 Å². The normalized spacial score (nSPS) is 18.8. The summed E-state index contributed by atoms with van der Waals surface area (Å²) in [6, 6.07) is 10.5. The molecule has 88 valence electrons. The van der Waals surface area contributed by atoms with Crippen molar-refractivity contribution in [2.75, 3.05) is 11.9 Å².